The van der Waals surface area contributed by atoms with Gasteiger partial charge in [0.15, 0.2) is 0 Å². The lowest BCUT2D eigenvalue weighted by Gasteiger charge is -2.08. The highest BCUT2D eigenvalue weighted by Gasteiger charge is 2.10. The van der Waals surface area contributed by atoms with Crippen LogP contribution >= 0.6 is 15.9 Å². The molecule has 0 unspecified atom stereocenters. The fourth-order valence-corrected chi connectivity index (χ4v) is 2.02. The van der Waals surface area contributed by atoms with Gasteiger partial charge in [-0.25, -0.2) is 14.8 Å². The number of aryl methyl sites for hydroxylation is 1. The van der Waals surface area contributed by atoms with E-state index in [-0.39, 0.29) is 11.5 Å². The summed E-state index contributed by atoms with van der Waals surface area (Å²) in [6.45, 7) is 1.60. The van der Waals surface area contributed by atoms with Crippen LogP contribution in [0.15, 0.2) is 28.9 Å². The molecule has 1 heterocycles. The summed E-state index contributed by atoms with van der Waals surface area (Å²) in [7, 11) is 0. The predicted molar refractivity (Wildman–Crippen MR) is 75.9 cm³/mol. The number of nitrogens with zero attached hydrogens (tertiary/aromatic N) is 3. The maximum Gasteiger partial charge on any atom is 0.339 e. The third-order valence-electron chi connectivity index (χ3n) is 2.55. The molecular weight excluding hydrogens is 324 g/mol. The quantitative estimate of drug-likeness (QED) is 0.896. The fraction of sp³-hybridized carbons (Fsp3) is 0.0769. The smallest absolute Gasteiger partial charge is 0.339 e. The van der Waals surface area contributed by atoms with Crippen molar-refractivity contribution in [2.75, 3.05) is 5.32 Å². The molecule has 0 saturated carbocycles. The van der Waals surface area contributed by atoms with Gasteiger partial charge in [-0.1, -0.05) is 0 Å². The summed E-state index contributed by atoms with van der Waals surface area (Å²) >= 11 is 3.34. The van der Waals surface area contributed by atoms with Crippen LogP contribution in [0.3, 0.4) is 0 Å². The van der Waals surface area contributed by atoms with Crippen molar-refractivity contribution in [1.29, 1.82) is 5.26 Å². The van der Waals surface area contributed by atoms with Crippen LogP contribution in [0.25, 0.3) is 0 Å². The molecule has 0 atom stereocenters. The van der Waals surface area contributed by atoms with Crippen LogP contribution in [0.1, 0.15) is 21.6 Å². The molecule has 0 aliphatic heterocycles. The lowest BCUT2D eigenvalue weighted by Crippen LogP contribution is -2.06. The molecule has 0 aliphatic carbocycles. The molecule has 2 aromatic rings. The number of nitriles is 1. The van der Waals surface area contributed by atoms with Crippen LogP contribution in [0.5, 0.6) is 0 Å². The Morgan fingerprint density at radius 2 is 2.25 bits per heavy atom. The van der Waals surface area contributed by atoms with E-state index in [1.165, 1.54) is 6.20 Å². The van der Waals surface area contributed by atoms with Crippen molar-refractivity contribution >= 4 is 33.5 Å². The number of aromatic carboxylic acids is 1. The van der Waals surface area contributed by atoms with Crippen molar-refractivity contribution in [3.63, 3.8) is 0 Å². The summed E-state index contributed by atoms with van der Waals surface area (Å²) in [6, 6.07) is 7.07. The van der Waals surface area contributed by atoms with Crippen molar-refractivity contribution in [3.05, 3.63) is 45.7 Å². The Bertz CT molecular complexity index is 725. The number of rotatable bonds is 3. The molecule has 2 N–H and O–H groups in total. The minimum atomic E-state index is -1.06. The molecule has 2 rings (SSSR count). The summed E-state index contributed by atoms with van der Waals surface area (Å²) in [5.74, 6) is -0.772. The molecule has 0 bridgehead atoms. The van der Waals surface area contributed by atoms with Gasteiger partial charge < -0.3 is 10.4 Å². The van der Waals surface area contributed by atoms with Crippen LogP contribution in [0, 0.1) is 18.3 Å². The molecule has 0 radical (unpaired) electrons. The van der Waals surface area contributed by atoms with Crippen molar-refractivity contribution < 1.29 is 9.90 Å². The first-order valence-corrected chi connectivity index (χ1v) is 6.34. The lowest BCUT2D eigenvalue weighted by molar-refractivity contribution is 0.0695. The van der Waals surface area contributed by atoms with Gasteiger partial charge in [-0.2, -0.15) is 5.26 Å². The van der Waals surface area contributed by atoms with E-state index >= 15 is 0 Å². The number of halogens is 1. The Morgan fingerprint density at radius 3 is 2.80 bits per heavy atom. The van der Waals surface area contributed by atoms with Crippen molar-refractivity contribution in [3.8, 4) is 6.07 Å². The number of benzene rings is 1. The van der Waals surface area contributed by atoms with E-state index in [0.717, 1.165) is 0 Å². The average Bonchev–Trinajstić information content (AvgIpc) is 2.40. The topological polar surface area (TPSA) is 98.9 Å². The Kier molecular flexibility index (Phi) is 3.96. The second-order valence-corrected chi connectivity index (χ2v) is 4.78. The fourth-order valence-electron chi connectivity index (χ4n) is 1.54. The van der Waals surface area contributed by atoms with Gasteiger partial charge in [-0.3, -0.25) is 0 Å². The zero-order chi connectivity index (χ0) is 14.7. The number of hydrogen-bond acceptors (Lipinski definition) is 5. The van der Waals surface area contributed by atoms with E-state index in [4.69, 9.17) is 10.4 Å². The summed E-state index contributed by atoms with van der Waals surface area (Å²) in [5.41, 5.74) is 1.65. The standard InChI is InChI=1S/C13H9BrN4O2/c1-7-9(12(19)20)6-16-13(17-7)18-11-3-2-8(5-15)4-10(11)14/h2-4,6H,1H3,(H,19,20)(H,16,17,18). The van der Waals surface area contributed by atoms with Crippen LogP contribution in [-0.2, 0) is 0 Å². The molecule has 0 amide bonds. The first-order chi connectivity index (χ1) is 9.51. The normalized spacial score (nSPS) is 9.85. The molecule has 100 valence electrons. The maximum atomic E-state index is 10.9. The van der Waals surface area contributed by atoms with E-state index in [0.29, 0.717) is 21.4 Å². The summed E-state index contributed by atoms with van der Waals surface area (Å²) < 4.78 is 0.695. The minimum absolute atomic E-state index is 0.0643. The Balaban J connectivity index is 2.29. The van der Waals surface area contributed by atoms with Crippen LogP contribution in [0.4, 0.5) is 11.6 Å². The van der Waals surface area contributed by atoms with Crippen molar-refractivity contribution in [1.82, 2.24) is 9.97 Å². The van der Waals surface area contributed by atoms with Gasteiger partial charge in [-0.05, 0) is 41.1 Å². The first-order valence-electron chi connectivity index (χ1n) is 5.55. The third kappa shape index (κ3) is 2.92. The van der Waals surface area contributed by atoms with Gasteiger partial charge in [0.2, 0.25) is 5.95 Å². The van der Waals surface area contributed by atoms with E-state index < -0.39 is 5.97 Å². The molecule has 6 nitrogen and oxygen atoms in total. The van der Waals surface area contributed by atoms with E-state index in [1.54, 1.807) is 25.1 Å². The number of carbonyl (C=O) groups is 1. The number of carboxylic acid groups (broad SMARTS) is 1. The number of aromatic nitrogens is 2. The third-order valence-corrected chi connectivity index (χ3v) is 3.21. The second kappa shape index (κ2) is 5.67. The van der Waals surface area contributed by atoms with Gasteiger partial charge >= 0.3 is 5.97 Å². The summed E-state index contributed by atoms with van der Waals surface area (Å²) in [6.07, 6.45) is 1.25. The van der Waals surface area contributed by atoms with Crippen LogP contribution < -0.4 is 5.32 Å². The summed E-state index contributed by atoms with van der Waals surface area (Å²) in [4.78, 5) is 18.9. The van der Waals surface area contributed by atoms with Crippen molar-refractivity contribution in [2.45, 2.75) is 6.92 Å². The molecule has 1 aromatic heterocycles. The zero-order valence-corrected chi connectivity index (χ0v) is 12.0. The van der Waals surface area contributed by atoms with E-state index in [2.05, 4.69) is 31.2 Å². The zero-order valence-electron chi connectivity index (χ0n) is 10.4. The molecule has 1 aromatic carbocycles. The van der Waals surface area contributed by atoms with E-state index in [1.807, 2.05) is 6.07 Å². The molecule has 20 heavy (non-hydrogen) atoms. The van der Waals surface area contributed by atoms with Gasteiger partial charge in [0, 0.05) is 10.7 Å². The van der Waals surface area contributed by atoms with Crippen molar-refractivity contribution in [2.24, 2.45) is 0 Å². The molecule has 0 spiro atoms. The highest BCUT2D eigenvalue weighted by molar-refractivity contribution is 9.10. The number of anilines is 2. The number of hydrogen-bond donors (Lipinski definition) is 2. The largest absolute Gasteiger partial charge is 0.478 e. The molecule has 0 fully saturated rings. The van der Waals surface area contributed by atoms with Gasteiger partial charge in [0.05, 0.1) is 28.6 Å². The minimum Gasteiger partial charge on any atom is -0.478 e. The van der Waals surface area contributed by atoms with Crippen LogP contribution in [-0.4, -0.2) is 21.0 Å². The molecule has 0 aliphatic rings. The number of nitrogens with one attached hydrogen (secondary N) is 1. The SMILES string of the molecule is Cc1nc(Nc2ccc(C#N)cc2Br)ncc1C(=O)O. The molecular formula is C13H9BrN4O2. The van der Waals surface area contributed by atoms with Gasteiger partial charge in [0.25, 0.3) is 0 Å². The highest BCUT2D eigenvalue weighted by Crippen LogP contribution is 2.25. The lowest BCUT2D eigenvalue weighted by atomic mass is 10.2. The molecule has 7 heteroatoms. The summed E-state index contributed by atoms with van der Waals surface area (Å²) in [5, 5.41) is 20.7. The Morgan fingerprint density at radius 1 is 1.50 bits per heavy atom. The second-order valence-electron chi connectivity index (χ2n) is 3.93. The maximum absolute atomic E-state index is 10.9. The monoisotopic (exact) mass is 332 g/mol. The van der Waals surface area contributed by atoms with Crippen LogP contribution in [0.2, 0.25) is 0 Å². The number of carboxylic acids is 1. The first kappa shape index (κ1) is 14.0. The Hall–Kier alpha value is -2.46. The van der Waals surface area contributed by atoms with E-state index in [9.17, 15) is 4.79 Å². The molecule has 0 saturated heterocycles. The highest BCUT2D eigenvalue weighted by atomic mass is 79.9. The Labute approximate surface area is 123 Å². The predicted octanol–water partition coefficient (Wildman–Crippen LogP) is 2.86. The van der Waals surface area contributed by atoms with Gasteiger partial charge in [0.1, 0.15) is 0 Å². The van der Waals surface area contributed by atoms with Gasteiger partial charge in [-0.15, -0.1) is 0 Å². The average molecular weight is 333 g/mol.